The molecule has 0 saturated carbocycles. The fraction of sp³-hybridized carbons (Fsp3) is 0.923. The molecule has 59 heavy (non-hydrogen) atoms. The van der Waals surface area contributed by atoms with Crippen LogP contribution in [0.5, 0.6) is 0 Å². The van der Waals surface area contributed by atoms with Crippen molar-refractivity contribution in [1.29, 1.82) is 0 Å². The molecule has 0 aromatic heterocycles. The second-order valence-corrected chi connectivity index (χ2v) is 15.6. The van der Waals surface area contributed by atoms with E-state index in [0.29, 0.717) is 19.4 Å². The molecule has 20 nitrogen and oxygen atoms in total. The quantitative estimate of drug-likeness (QED) is 0.0417. The van der Waals surface area contributed by atoms with Crippen LogP contribution in [-0.2, 0) is 42.8 Å². The number of ether oxygens (including phenoxy) is 6. The monoisotopic (exact) mass is 853 g/mol. The third-order valence-electron chi connectivity index (χ3n) is 10.8. The summed E-state index contributed by atoms with van der Waals surface area (Å²) in [4.78, 5) is 36.6. The number of nitrogens with one attached hydrogen (secondary N) is 3. The molecule has 3 saturated heterocycles. The van der Waals surface area contributed by atoms with Gasteiger partial charge in [-0.25, -0.2) is 0 Å². The first-order chi connectivity index (χ1) is 28.2. The molecule has 0 aromatic carbocycles. The highest BCUT2D eigenvalue weighted by Gasteiger charge is 2.54. The first-order valence-electron chi connectivity index (χ1n) is 21.2. The highest BCUT2D eigenvalue weighted by atomic mass is 16.8. The molecule has 3 amide bonds. The zero-order valence-electron chi connectivity index (χ0n) is 34.6. The summed E-state index contributed by atoms with van der Waals surface area (Å²) in [5.41, 5.74) is 0. The van der Waals surface area contributed by atoms with E-state index in [4.69, 9.17) is 28.4 Å². The van der Waals surface area contributed by atoms with Crippen molar-refractivity contribution in [2.75, 3.05) is 32.9 Å². The number of aliphatic hydroxyl groups is 8. The zero-order valence-corrected chi connectivity index (χ0v) is 34.6. The van der Waals surface area contributed by atoms with Crippen molar-refractivity contribution in [3.05, 3.63) is 0 Å². The number of aliphatic hydroxyl groups excluding tert-OH is 8. The van der Waals surface area contributed by atoms with Gasteiger partial charge in [0.2, 0.25) is 17.7 Å². The predicted octanol–water partition coefficient (Wildman–Crippen LogP) is -2.05. The molecular formula is C39H71N3O17. The number of amides is 3. The van der Waals surface area contributed by atoms with E-state index in [1.165, 1.54) is 32.6 Å². The van der Waals surface area contributed by atoms with Gasteiger partial charge in [0.25, 0.3) is 0 Å². The van der Waals surface area contributed by atoms with Gasteiger partial charge in [0, 0.05) is 32.9 Å². The number of unbranched alkanes of at least 4 members (excludes halogenated alkanes) is 8. The van der Waals surface area contributed by atoms with E-state index >= 15 is 0 Å². The van der Waals surface area contributed by atoms with E-state index in [1.54, 1.807) is 0 Å². The molecule has 0 aliphatic carbocycles. The number of hydrogen-bond donors (Lipinski definition) is 11. The first kappa shape index (κ1) is 51.2. The Hall–Kier alpha value is -2.15. The van der Waals surface area contributed by atoms with E-state index in [0.717, 1.165) is 39.0 Å². The Balaban J connectivity index is 1.56. The normalized spacial score (nSPS) is 34.9. The van der Waals surface area contributed by atoms with E-state index < -0.39 is 111 Å². The van der Waals surface area contributed by atoms with Gasteiger partial charge in [-0.3, -0.25) is 14.4 Å². The lowest BCUT2D eigenvalue weighted by molar-refractivity contribution is -0.385. The van der Waals surface area contributed by atoms with Crippen LogP contribution in [0.25, 0.3) is 0 Å². The lowest BCUT2D eigenvalue weighted by atomic mass is 9.95. The second-order valence-electron chi connectivity index (χ2n) is 15.6. The topological polar surface area (TPSA) is 305 Å². The summed E-state index contributed by atoms with van der Waals surface area (Å²) in [5, 5.41) is 92.3. The molecule has 3 heterocycles. The van der Waals surface area contributed by atoms with Gasteiger partial charge in [-0.1, -0.05) is 51.9 Å². The smallest absolute Gasteiger partial charge is 0.219 e. The van der Waals surface area contributed by atoms with Crippen LogP contribution in [0.2, 0.25) is 0 Å². The van der Waals surface area contributed by atoms with Crippen molar-refractivity contribution >= 4 is 17.7 Å². The number of rotatable bonds is 26. The van der Waals surface area contributed by atoms with Crippen LogP contribution in [0.15, 0.2) is 0 Å². The fourth-order valence-electron chi connectivity index (χ4n) is 7.23. The maximum absolute atomic E-state index is 12.5. The van der Waals surface area contributed by atoms with Crippen molar-refractivity contribution in [1.82, 2.24) is 16.0 Å². The van der Waals surface area contributed by atoms with Crippen molar-refractivity contribution in [3.63, 3.8) is 0 Å². The zero-order chi connectivity index (χ0) is 43.5. The van der Waals surface area contributed by atoms with Gasteiger partial charge >= 0.3 is 0 Å². The van der Waals surface area contributed by atoms with Crippen LogP contribution in [-0.4, -0.2) is 184 Å². The van der Waals surface area contributed by atoms with Gasteiger partial charge in [0.1, 0.15) is 67.1 Å². The summed E-state index contributed by atoms with van der Waals surface area (Å²) in [6.45, 7) is 3.95. The van der Waals surface area contributed by atoms with Crippen molar-refractivity contribution in [2.45, 2.75) is 196 Å². The van der Waals surface area contributed by atoms with Gasteiger partial charge in [-0.05, 0) is 32.6 Å². The van der Waals surface area contributed by atoms with Gasteiger partial charge < -0.3 is 85.2 Å². The molecule has 344 valence electrons. The molecular weight excluding hydrogens is 782 g/mol. The summed E-state index contributed by atoms with van der Waals surface area (Å²) in [6, 6.07) is -1.43. The summed E-state index contributed by atoms with van der Waals surface area (Å²) < 4.78 is 35.3. The van der Waals surface area contributed by atoms with Gasteiger partial charge in [-0.2, -0.15) is 0 Å². The summed E-state index contributed by atoms with van der Waals surface area (Å²) in [6.07, 6.45) is -10.5. The lowest BCUT2D eigenvalue weighted by Crippen LogP contribution is -2.68. The third kappa shape index (κ3) is 16.2. The van der Waals surface area contributed by atoms with E-state index in [9.17, 15) is 55.2 Å². The Morgan fingerprint density at radius 1 is 0.576 bits per heavy atom. The minimum Gasteiger partial charge on any atom is -0.394 e. The fourth-order valence-corrected chi connectivity index (χ4v) is 7.23. The maximum atomic E-state index is 12.5. The molecule has 3 aliphatic heterocycles. The SMILES string of the molecule is CCCCCCCCCC(=O)NCCCCCC(=O)NCCCO[C@@H]1OC(CO)[C@H](O)[C@H](O[C@H]2OC(CO)[C@H](O)[C@H](O)C2NC(C)=O)C1O[C@@H]1OC(C)[C@@H](O)[C@H](O)C1O. The third-order valence-corrected chi connectivity index (χ3v) is 10.8. The maximum Gasteiger partial charge on any atom is 0.219 e. The van der Waals surface area contributed by atoms with Crippen molar-refractivity contribution < 1.29 is 83.7 Å². The van der Waals surface area contributed by atoms with Gasteiger partial charge in [-0.15, -0.1) is 0 Å². The highest BCUT2D eigenvalue weighted by molar-refractivity contribution is 5.76. The Labute approximate surface area is 346 Å². The minimum absolute atomic E-state index is 0.0555. The van der Waals surface area contributed by atoms with E-state index in [-0.39, 0.29) is 37.8 Å². The van der Waals surface area contributed by atoms with Crippen molar-refractivity contribution in [3.8, 4) is 0 Å². The molecule has 20 heteroatoms. The molecule has 3 aliphatic rings. The second kappa shape index (κ2) is 27.0. The van der Waals surface area contributed by atoms with Gasteiger partial charge in [0.05, 0.1) is 25.9 Å². The molecule has 3 fully saturated rings. The van der Waals surface area contributed by atoms with Crippen LogP contribution < -0.4 is 16.0 Å². The molecule has 0 spiro atoms. The standard InChI is InChI=1S/C39H71N3O17/c1-4-5-6-7-8-9-11-15-26(46)40-17-13-10-12-16-27(47)41-18-14-19-54-39-36(59-38-34(53)33(52)29(48)22(2)55-38)35(31(50)25(21-44)57-39)58-37-28(42-23(3)45)32(51)30(49)24(20-43)56-37/h22,24-25,28-39,43-44,48-53H,4-21H2,1-3H3,(H,40,46)(H,41,47)(H,42,45)/t22?,24?,25?,28?,29-,30+,31+,32-,33+,34?,35+,36?,37-,38+,39-/m1/s1. The molecule has 11 N–H and O–H groups in total. The van der Waals surface area contributed by atoms with Crippen molar-refractivity contribution in [2.24, 2.45) is 0 Å². The molecule has 0 bridgehead atoms. The van der Waals surface area contributed by atoms with E-state index in [1.807, 2.05) is 0 Å². The molecule has 6 unspecified atom stereocenters. The molecule has 15 atom stereocenters. The Morgan fingerprint density at radius 2 is 1.12 bits per heavy atom. The number of carbonyl (C=O) groups excluding carboxylic acids is 3. The molecule has 0 aromatic rings. The van der Waals surface area contributed by atoms with Crippen LogP contribution in [0.4, 0.5) is 0 Å². The van der Waals surface area contributed by atoms with Crippen LogP contribution >= 0.6 is 0 Å². The number of carbonyl (C=O) groups is 3. The first-order valence-corrected chi connectivity index (χ1v) is 21.2. The summed E-state index contributed by atoms with van der Waals surface area (Å²) in [5.74, 6) is -0.759. The molecule has 0 radical (unpaired) electrons. The Bertz CT molecular complexity index is 1220. The van der Waals surface area contributed by atoms with E-state index in [2.05, 4.69) is 22.9 Å². The van der Waals surface area contributed by atoms with Gasteiger partial charge in [0.15, 0.2) is 18.9 Å². The van der Waals surface area contributed by atoms with Crippen LogP contribution in [0.1, 0.15) is 104 Å². The minimum atomic E-state index is -1.81. The summed E-state index contributed by atoms with van der Waals surface area (Å²) >= 11 is 0. The number of hydrogen-bond acceptors (Lipinski definition) is 17. The molecule has 3 rings (SSSR count). The highest BCUT2D eigenvalue weighted by Crippen LogP contribution is 2.34. The average molecular weight is 854 g/mol. The van der Waals surface area contributed by atoms with Crippen LogP contribution in [0.3, 0.4) is 0 Å². The Kier molecular flexibility index (Phi) is 23.5. The summed E-state index contributed by atoms with van der Waals surface area (Å²) in [7, 11) is 0. The largest absolute Gasteiger partial charge is 0.394 e. The average Bonchev–Trinajstić information content (AvgIpc) is 3.21. The Morgan fingerprint density at radius 3 is 1.73 bits per heavy atom. The van der Waals surface area contributed by atoms with Crippen LogP contribution in [0, 0.1) is 0 Å². The predicted molar refractivity (Wildman–Crippen MR) is 207 cm³/mol. The lowest BCUT2D eigenvalue weighted by Gasteiger charge is -2.49.